The van der Waals surface area contributed by atoms with Gasteiger partial charge in [-0.05, 0) is 50.3 Å². The maximum absolute atomic E-state index is 12.9. The Morgan fingerprint density at radius 3 is 2.66 bits per heavy atom. The predicted molar refractivity (Wildman–Crippen MR) is 112 cm³/mol. The van der Waals surface area contributed by atoms with Gasteiger partial charge in [0.15, 0.2) is 0 Å². The molecule has 1 saturated carbocycles. The minimum absolute atomic E-state index is 0.103. The molecule has 0 radical (unpaired) electrons. The second-order valence-corrected chi connectivity index (χ2v) is 8.59. The summed E-state index contributed by atoms with van der Waals surface area (Å²) in [6.07, 6.45) is 8.64. The Morgan fingerprint density at radius 1 is 1.17 bits per heavy atom. The molecule has 1 N–H and O–H groups in total. The molecular weight excluding hydrogens is 368 g/mol. The summed E-state index contributed by atoms with van der Waals surface area (Å²) >= 11 is 0. The first kappa shape index (κ1) is 20.5. The van der Waals surface area contributed by atoms with Crippen molar-refractivity contribution < 1.29 is 19.0 Å². The maximum Gasteiger partial charge on any atom is 0.255 e. The highest BCUT2D eigenvalue weighted by Crippen LogP contribution is 2.30. The molecule has 1 amide bonds. The van der Waals surface area contributed by atoms with Crippen LogP contribution in [-0.4, -0.2) is 62.9 Å². The van der Waals surface area contributed by atoms with Crippen molar-refractivity contribution in [2.75, 3.05) is 40.0 Å². The van der Waals surface area contributed by atoms with Crippen LogP contribution >= 0.6 is 0 Å². The number of rotatable bonds is 7. The van der Waals surface area contributed by atoms with Gasteiger partial charge in [0.05, 0.1) is 19.3 Å². The fourth-order valence-electron chi connectivity index (χ4n) is 4.80. The van der Waals surface area contributed by atoms with E-state index in [0.717, 1.165) is 51.6 Å². The van der Waals surface area contributed by atoms with E-state index in [1.165, 1.54) is 25.7 Å². The largest absolute Gasteiger partial charge is 0.497 e. The summed E-state index contributed by atoms with van der Waals surface area (Å²) in [5.41, 5.74) is 0.557. The van der Waals surface area contributed by atoms with Crippen molar-refractivity contribution in [3.05, 3.63) is 23.8 Å². The van der Waals surface area contributed by atoms with Crippen molar-refractivity contribution in [2.24, 2.45) is 5.92 Å². The molecule has 2 heterocycles. The molecule has 1 aliphatic carbocycles. The molecule has 1 atom stereocenters. The summed E-state index contributed by atoms with van der Waals surface area (Å²) in [5, 5.41) is 3.05. The highest BCUT2D eigenvalue weighted by atomic mass is 16.5. The number of hydrogen-bond acceptors (Lipinski definition) is 5. The first-order valence-corrected chi connectivity index (χ1v) is 11.2. The summed E-state index contributed by atoms with van der Waals surface area (Å²) in [5.74, 6) is 1.62. The first-order chi connectivity index (χ1) is 14.2. The molecule has 6 nitrogen and oxygen atoms in total. The average molecular weight is 403 g/mol. The number of carbonyl (C=O) groups is 1. The summed E-state index contributed by atoms with van der Waals surface area (Å²) in [6.45, 7) is 4.33. The Hall–Kier alpha value is -1.79. The molecular formula is C23H34N2O4. The molecule has 0 aromatic heterocycles. The molecule has 0 spiro atoms. The fraction of sp³-hybridized carbons (Fsp3) is 0.696. The van der Waals surface area contributed by atoms with Crippen LogP contribution in [0.1, 0.15) is 55.3 Å². The van der Waals surface area contributed by atoms with E-state index in [-0.39, 0.29) is 12.0 Å². The quantitative estimate of drug-likeness (QED) is 0.759. The number of nitrogens with zero attached hydrogens (tertiary/aromatic N) is 1. The van der Waals surface area contributed by atoms with E-state index < -0.39 is 0 Å². The van der Waals surface area contributed by atoms with Crippen LogP contribution in [0.4, 0.5) is 0 Å². The monoisotopic (exact) mass is 402 g/mol. The van der Waals surface area contributed by atoms with Crippen LogP contribution in [0.3, 0.4) is 0 Å². The summed E-state index contributed by atoms with van der Waals surface area (Å²) in [7, 11) is 1.62. The third-order valence-corrected chi connectivity index (χ3v) is 6.62. The van der Waals surface area contributed by atoms with Gasteiger partial charge in [0.25, 0.3) is 5.91 Å². The van der Waals surface area contributed by atoms with Gasteiger partial charge in [-0.2, -0.15) is 0 Å². The van der Waals surface area contributed by atoms with E-state index in [1.807, 2.05) is 12.1 Å². The van der Waals surface area contributed by atoms with Crippen LogP contribution in [-0.2, 0) is 4.74 Å². The number of likely N-dealkylation sites (tertiary alicyclic amines) is 1. The van der Waals surface area contributed by atoms with Crippen LogP contribution in [0.25, 0.3) is 0 Å². The van der Waals surface area contributed by atoms with Crippen molar-refractivity contribution in [2.45, 2.75) is 57.1 Å². The zero-order chi connectivity index (χ0) is 20.1. The minimum Gasteiger partial charge on any atom is -0.497 e. The SMILES string of the molecule is COc1ccc(OC2CCN(C3CCCC3)CC2)c(C(=O)NC[C@H]2CCOC2)c1. The molecule has 2 saturated heterocycles. The van der Waals surface area contributed by atoms with E-state index in [0.29, 0.717) is 29.5 Å². The molecule has 3 fully saturated rings. The summed E-state index contributed by atoms with van der Waals surface area (Å²) < 4.78 is 17.1. The Morgan fingerprint density at radius 2 is 1.97 bits per heavy atom. The Labute approximate surface area is 173 Å². The van der Waals surface area contributed by atoms with Crippen molar-refractivity contribution in [3.63, 3.8) is 0 Å². The van der Waals surface area contributed by atoms with Gasteiger partial charge in [0, 0.05) is 38.2 Å². The maximum atomic E-state index is 12.9. The number of hydrogen-bond donors (Lipinski definition) is 1. The van der Waals surface area contributed by atoms with Crippen LogP contribution in [0, 0.1) is 5.92 Å². The molecule has 0 unspecified atom stereocenters. The van der Waals surface area contributed by atoms with Gasteiger partial charge in [0.1, 0.15) is 17.6 Å². The second-order valence-electron chi connectivity index (χ2n) is 8.59. The number of methoxy groups -OCH3 is 1. The van der Waals surface area contributed by atoms with Crippen LogP contribution < -0.4 is 14.8 Å². The van der Waals surface area contributed by atoms with Gasteiger partial charge in [-0.3, -0.25) is 4.79 Å². The summed E-state index contributed by atoms with van der Waals surface area (Å²) in [4.78, 5) is 15.5. The number of piperidine rings is 1. The van der Waals surface area contributed by atoms with Crippen LogP contribution in [0.2, 0.25) is 0 Å². The number of amides is 1. The van der Waals surface area contributed by atoms with E-state index >= 15 is 0 Å². The van der Waals surface area contributed by atoms with Gasteiger partial charge in [-0.25, -0.2) is 0 Å². The molecule has 4 rings (SSSR count). The van der Waals surface area contributed by atoms with Gasteiger partial charge in [-0.1, -0.05) is 12.8 Å². The molecule has 29 heavy (non-hydrogen) atoms. The second kappa shape index (κ2) is 9.81. The van der Waals surface area contributed by atoms with Crippen molar-refractivity contribution in [1.82, 2.24) is 10.2 Å². The third kappa shape index (κ3) is 5.23. The lowest BCUT2D eigenvalue weighted by Gasteiger charge is -2.36. The molecule has 1 aromatic carbocycles. The smallest absolute Gasteiger partial charge is 0.255 e. The average Bonchev–Trinajstić information content (AvgIpc) is 3.47. The zero-order valence-corrected chi connectivity index (χ0v) is 17.5. The van der Waals surface area contributed by atoms with Crippen molar-refractivity contribution >= 4 is 5.91 Å². The number of benzene rings is 1. The molecule has 160 valence electrons. The van der Waals surface area contributed by atoms with Crippen LogP contribution in [0.5, 0.6) is 11.5 Å². The highest BCUT2D eigenvalue weighted by molar-refractivity contribution is 5.97. The van der Waals surface area contributed by atoms with E-state index in [1.54, 1.807) is 13.2 Å². The zero-order valence-electron chi connectivity index (χ0n) is 17.5. The minimum atomic E-state index is -0.103. The number of nitrogens with one attached hydrogen (secondary N) is 1. The lowest BCUT2D eigenvalue weighted by atomic mass is 10.0. The van der Waals surface area contributed by atoms with Crippen molar-refractivity contribution in [3.8, 4) is 11.5 Å². The van der Waals surface area contributed by atoms with E-state index in [4.69, 9.17) is 14.2 Å². The Kier molecular flexibility index (Phi) is 6.93. The van der Waals surface area contributed by atoms with Gasteiger partial charge >= 0.3 is 0 Å². The standard InChI is InChI=1S/C23H34N2O4/c1-27-20-6-7-22(21(14-20)23(26)24-15-17-10-13-28-16-17)29-19-8-11-25(12-9-19)18-4-2-3-5-18/h6-7,14,17-19H,2-5,8-13,15-16H2,1H3,(H,24,26)/t17-/m1/s1. The molecule has 1 aromatic rings. The van der Waals surface area contributed by atoms with Gasteiger partial charge in [0.2, 0.25) is 0 Å². The number of carbonyl (C=O) groups excluding carboxylic acids is 1. The predicted octanol–water partition coefficient (Wildman–Crippen LogP) is 3.25. The Bertz CT molecular complexity index is 675. The lowest BCUT2D eigenvalue weighted by Crippen LogP contribution is -2.43. The first-order valence-electron chi connectivity index (χ1n) is 11.2. The third-order valence-electron chi connectivity index (χ3n) is 6.62. The molecule has 6 heteroatoms. The Balaban J connectivity index is 1.36. The molecule has 3 aliphatic rings. The topological polar surface area (TPSA) is 60.0 Å². The lowest BCUT2D eigenvalue weighted by molar-refractivity contribution is 0.0749. The summed E-state index contributed by atoms with van der Waals surface area (Å²) in [6, 6.07) is 6.29. The molecule has 0 bridgehead atoms. The van der Waals surface area contributed by atoms with Gasteiger partial charge < -0.3 is 24.4 Å². The van der Waals surface area contributed by atoms with Gasteiger partial charge in [-0.15, -0.1) is 0 Å². The number of ether oxygens (including phenoxy) is 3. The van der Waals surface area contributed by atoms with Crippen molar-refractivity contribution in [1.29, 1.82) is 0 Å². The van der Waals surface area contributed by atoms with E-state index in [2.05, 4.69) is 10.2 Å². The molecule has 2 aliphatic heterocycles. The highest BCUT2D eigenvalue weighted by Gasteiger charge is 2.28. The normalized spacial score (nSPS) is 24.0. The van der Waals surface area contributed by atoms with Crippen LogP contribution in [0.15, 0.2) is 18.2 Å². The fourth-order valence-corrected chi connectivity index (χ4v) is 4.80. The van der Waals surface area contributed by atoms with E-state index in [9.17, 15) is 4.79 Å².